The van der Waals surface area contributed by atoms with Crippen molar-refractivity contribution < 1.29 is 36.2 Å². The summed E-state index contributed by atoms with van der Waals surface area (Å²) in [5.41, 5.74) is 0.645. The number of imidazole rings is 1. The van der Waals surface area contributed by atoms with E-state index in [1.165, 1.54) is 12.1 Å². The number of nitrogens with zero attached hydrogens (tertiary/aromatic N) is 6. The van der Waals surface area contributed by atoms with Crippen LogP contribution in [0.3, 0.4) is 0 Å². The van der Waals surface area contributed by atoms with E-state index in [1.807, 2.05) is 5.32 Å². The van der Waals surface area contributed by atoms with Gasteiger partial charge in [0.15, 0.2) is 5.65 Å². The number of rotatable bonds is 7. The molecule has 3 aromatic heterocycles. The second-order valence-electron chi connectivity index (χ2n) is 8.78. The lowest BCUT2D eigenvalue weighted by molar-refractivity contribution is -0.274. The first kappa shape index (κ1) is 27.8. The summed E-state index contributed by atoms with van der Waals surface area (Å²) in [7, 11) is 1.74. The molecule has 2 aromatic carbocycles. The minimum absolute atomic E-state index is 0.0267. The Kier molecular flexibility index (Phi) is 7.02. The fraction of sp³-hybridized carbons (Fsp3) is 0.240. The first-order valence-electron chi connectivity index (χ1n) is 11.9. The Morgan fingerprint density at radius 3 is 2.37 bits per heavy atom. The molecular weight excluding hydrogens is 560 g/mol. The minimum atomic E-state index is -4.94. The van der Waals surface area contributed by atoms with Crippen LogP contribution >= 0.6 is 0 Å². The van der Waals surface area contributed by atoms with E-state index < -0.39 is 36.3 Å². The number of aryl methyl sites for hydroxylation is 1. The normalized spacial score (nSPS) is 12.3. The summed E-state index contributed by atoms with van der Waals surface area (Å²) in [6.07, 6.45) is -8.08. The number of hydrogen-bond acceptors (Lipinski definition) is 8. The van der Waals surface area contributed by atoms with Crippen molar-refractivity contribution in [1.82, 2.24) is 29.1 Å². The maximum Gasteiger partial charge on any atom is 0.573 e. The molecule has 5 rings (SSSR count). The van der Waals surface area contributed by atoms with Crippen LogP contribution in [0.15, 0.2) is 53.5 Å². The molecule has 0 saturated heterocycles. The number of fused-ring (bicyclic) bond motifs is 2. The van der Waals surface area contributed by atoms with Gasteiger partial charge in [0.1, 0.15) is 29.3 Å². The molecule has 0 radical (unpaired) electrons. The number of anilines is 1. The highest BCUT2D eigenvalue weighted by Crippen LogP contribution is 2.27. The smallest absolute Gasteiger partial charge is 0.406 e. The van der Waals surface area contributed by atoms with Gasteiger partial charge in [0.05, 0.1) is 29.5 Å². The highest BCUT2D eigenvalue weighted by atomic mass is 19.4. The highest BCUT2D eigenvalue weighted by molar-refractivity contribution is 5.83. The molecule has 214 valence electrons. The standard InChI is InChI=1S/C25H19F6N7O3/c1-37-18-10-13(2-7-16(18)34-19(37)8-9-39)20-22(40)38(14-3-5-15(6-4-14)41-25(29,30)31)21-17(35-20)11-32-23(36-21)33-12-24(26,27)28/h2-7,10-11,39H,8-9,12H2,1H3,(H,32,33,36). The SMILES string of the molecule is Cn1c(CCO)nc2ccc(-c3nc4cnc(NCC(F)(F)F)nc4n(-c4ccc(OC(F)(F)F)cc4)c3=O)cc21. The third kappa shape index (κ3) is 5.91. The topological polar surface area (TPSA) is 120 Å². The van der Waals surface area contributed by atoms with Crippen LogP contribution in [0.4, 0.5) is 32.3 Å². The van der Waals surface area contributed by atoms with Gasteiger partial charge in [-0.25, -0.2) is 15.0 Å². The molecule has 10 nitrogen and oxygen atoms in total. The highest BCUT2D eigenvalue weighted by Gasteiger charge is 2.31. The first-order chi connectivity index (χ1) is 19.3. The van der Waals surface area contributed by atoms with Crippen molar-refractivity contribution in [3.8, 4) is 22.7 Å². The fourth-order valence-corrected chi connectivity index (χ4v) is 4.18. The zero-order chi connectivity index (χ0) is 29.5. The summed E-state index contributed by atoms with van der Waals surface area (Å²) < 4.78 is 82.9. The molecule has 5 aromatic rings. The van der Waals surface area contributed by atoms with E-state index in [9.17, 15) is 36.2 Å². The number of ether oxygens (including phenoxy) is 1. The van der Waals surface area contributed by atoms with Crippen LogP contribution in [0.2, 0.25) is 0 Å². The molecule has 0 aliphatic rings. The molecule has 3 heterocycles. The Bertz CT molecular complexity index is 1800. The third-order valence-electron chi connectivity index (χ3n) is 5.96. The molecule has 0 saturated carbocycles. The lowest BCUT2D eigenvalue weighted by Gasteiger charge is -2.14. The summed E-state index contributed by atoms with van der Waals surface area (Å²) in [5, 5.41) is 11.3. The summed E-state index contributed by atoms with van der Waals surface area (Å²) in [5.74, 6) is -0.380. The molecule has 0 spiro atoms. The van der Waals surface area contributed by atoms with E-state index in [0.29, 0.717) is 28.8 Å². The zero-order valence-electron chi connectivity index (χ0n) is 21.0. The quantitative estimate of drug-likeness (QED) is 0.276. The lowest BCUT2D eigenvalue weighted by Crippen LogP contribution is -2.25. The number of alkyl halides is 6. The predicted molar refractivity (Wildman–Crippen MR) is 135 cm³/mol. The zero-order valence-corrected chi connectivity index (χ0v) is 21.0. The van der Waals surface area contributed by atoms with Crippen LogP contribution < -0.4 is 15.6 Å². The molecule has 41 heavy (non-hydrogen) atoms. The Labute approximate surface area is 225 Å². The Morgan fingerprint density at radius 2 is 1.71 bits per heavy atom. The van der Waals surface area contributed by atoms with Crippen LogP contribution in [0.25, 0.3) is 39.1 Å². The maximum atomic E-state index is 13.8. The fourth-order valence-electron chi connectivity index (χ4n) is 4.18. The van der Waals surface area contributed by atoms with Crippen molar-refractivity contribution in [2.24, 2.45) is 7.05 Å². The van der Waals surface area contributed by atoms with Gasteiger partial charge in [0.25, 0.3) is 5.56 Å². The summed E-state index contributed by atoms with van der Waals surface area (Å²) in [6.45, 7) is -1.56. The van der Waals surface area contributed by atoms with E-state index in [0.717, 1.165) is 22.9 Å². The van der Waals surface area contributed by atoms with Crippen molar-refractivity contribution in [3.05, 3.63) is 64.8 Å². The van der Waals surface area contributed by atoms with E-state index in [-0.39, 0.29) is 29.2 Å². The Balaban J connectivity index is 1.69. The van der Waals surface area contributed by atoms with Crippen LogP contribution in [-0.2, 0) is 13.5 Å². The average molecular weight is 579 g/mol. The van der Waals surface area contributed by atoms with Crippen molar-refractivity contribution in [1.29, 1.82) is 0 Å². The van der Waals surface area contributed by atoms with Gasteiger partial charge in [0.2, 0.25) is 5.95 Å². The van der Waals surface area contributed by atoms with Crippen LogP contribution in [0, 0.1) is 0 Å². The summed E-state index contributed by atoms with van der Waals surface area (Å²) in [6, 6.07) is 9.21. The summed E-state index contributed by atoms with van der Waals surface area (Å²) >= 11 is 0. The maximum absolute atomic E-state index is 13.8. The molecule has 2 N–H and O–H groups in total. The number of halogens is 6. The predicted octanol–water partition coefficient (Wildman–Crippen LogP) is 4.14. The van der Waals surface area contributed by atoms with Gasteiger partial charge in [-0.05, 0) is 36.4 Å². The van der Waals surface area contributed by atoms with Crippen molar-refractivity contribution in [3.63, 3.8) is 0 Å². The molecule has 0 atom stereocenters. The number of nitrogens with one attached hydrogen (secondary N) is 1. The number of benzene rings is 2. The molecule has 0 aliphatic carbocycles. The number of aliphatic hydroxyl groups is 1. The molecule has 16 heteroatoms. The lowest BCUT2D eigenvalue weighted by atomic mass is 10.1. The molecule has 0 amide bonds. The van der Waals surface area contributed by atoms with Crippen molar-refractivity contribution in [2.45, 2.75) is 19.0 Å². The molecule has 0 aliphatic heterocycles. The van der Waals surface area contributed by atoms with E-state index >= 15 is 0 Å². The second kappa shape index (κ2) is 10.3. The van der Waals surface area contributed by atoms with E-state index in [2.05, 4.69) is 24.7 Å². The van der Waals surface area contributed by atoms with Crippen molar-refractivity contribution >= 4 is 28.1 Å². The Morgan fingerprint density at radius 1 is 0.976 bits per heavy atom. The van der Waals surface area contributed by atoms with Gasteiger partial charge in [-0.1, -0.05) is 6.07 Å². The Hall–Kier alpha value is -4.73. The number of aliphatic hydroxyl groups excluding tert-OH is 1. The average Bonchev–Trinajstić information content (AvgIpc) is 3.21. The first-order valence-corrected chi connectivity index (χ1v) is 11.9. The molecule has 0 fully saturated rings. The number of aromatic nitrogens is 6. The third-order valence-corrected chi connectivity index (χ3v) is 5.96. The van der Waals surface area contributed by atoms with Crippen LogP contribution in [-0.4, -0.2) is 59.9 Å². The van der Waals surface area contributed by atoms with Gasteiger partial charge < -0.3 is 19.7 Å². The van der Waals surface area contributed by atoms with Gasteiger partial charge in [-0.2, -0.15) is 18.2 Å². The van der Waals surface area contributed by atoms with Crippen molar-refractivity contribution in [2.75, 3.05) is 18.5 Å². The molecule has 0 unspecified atom stereocenters. The van der Waals surface area contributed by atoms with Gasteiger partial charge in [-0.3, -0.25) is 9.36 Å². The van der Waals surface area contributed by atoms with Gasteiger partial charge in [0, 0.05) is 19.0 Å². The monoisotopic (exact) mass is 579 g/mol. The van der Waals surface area contributed by atoms with Gasteiger partial charge in [-0.15, -0.1) is 13.2 Å². The minimum Gasteiger partial charge on any atom is -0.406 e. The largest absolute Gasteiger partial charge is 0.573 e. The molecule has 0 bridgehead atoms. The van der Waals surface area contributed by atoms with Gasteiger partial charge >= 0.3 is 12.5 Å². The van der Waals surface area contributed by atoms with Crippen LogP contribution in [0.1, 0.15) is 5.82 Å². The molecular formula is C25H19F6N7O3. The van der Waals surface area contributed by atoms with Crippen LogP contribution in [0.5, 0.6) is 5.75 Å². The second-order valence-corrected chi connectivity index (χ2v) is 8.78. The van der Waals surface area contributed by atoms with E-state index in [4.69, 9.17) is 0 Å². The number of hydrogen-bond donors (Lipinski definition) is 2. The summed E-state index contributed by atoms with van der Waals surface area (Å²) in [4.78, 5) is 30.6. The van der Waals surface area contributed by atoms with E-state index in [1.54, 1.807) is 29.8 Å².